The molecule has 0 bridgehead atoms. The van der Waals surface area contributed by atoms with Gasteiger partial charge in [-0.15, -0.1) is 0 Å². The van der Waals surface area contributed by atoms with Gasteiger partial charge >= 0.3 is 6.61 Å². The molecule has 2 aromatic rings. The van der Waals surface area contributed by atoms with E-state index < -0.39 is 6.61 Å². The van der Waals surface area contributed by atoms with Crippen LogP contribution < -0.4 is 15.0 Å². The number of benzene rings is 1. The highest BCUT2D eigenvalue weighted by atomic mass is 19.3. The molecule has 3 rings (SSSR count). The molecule has 2 heterocycles. The lowest BCUT2D eigenvalue weighted by atomic mass is 10.2. The highest BCUT2D eigenvalue weighted by molar-refractivity contribution is 5.80. The summed E-state index contributed by atoms with van der Waals surface area (Å²) < 4.78 is 29.2. The number of ether oxygens (including phenoxy) is 1. The summed E-state index contributed by atoms with van der Waals surface area (Å²) in [4.78, 5) is 17.6. The van der Waals surface area contributed by atoms with Gasteiger partial charge in [0.2, 0.25) is 5.95 Å². The van der Waals surface area contributed by atoms with Gasteiger partial charge in [0.25, 0.3) is 0 Å². The van der Waals surface area contributed by atoms with Crippen molar-refractivity contribution in [3.05, 3.63) is 48.3 Å². The van der Waals surface area contributed by atoms with E-state index in [0.29, 0.717) is 6.54 Å². The number of aliphatic imine (C=N–C) groups is 1. The topological polar surface area (TPSA) is 65.9 Å². The van der Waals surface area contributed by atoms with E-state index in [-0.39, 0.29) is 5.75 Å². The first-order valence-electron chi connectivity index (χ1n) is 9.24. The van der Waals surface area contributed by atoms with Crippen LogP contribution in [0.15, 0.2) is 47.7 Å². The minimum absolute atomic E-state index is 0.143. The first kappa shape index (κ1) is 19.8. The van der Waals surface area contributed by atoms with Crippen LogP contribution in [0.1, 0.15) is 12.5 Å². The van der Waals surface area contributed by atoms with E-state index in [0.717, 1.165) is 50.2 Å². The summed E-state index contributed by atoms with van der Waals surface area (Å²) in [6, 6.07) is 8.43. The van der Waals surface area contributed by atoms with Crippen molar-refractivity contribution in [2.24, 2.45) is 4.99 Å². The minimum Gasteiger partial charge on any atom is -0.435 e. The monoisotopic (exact) mass is 390 g/mol. The number of halogens is 2. The SMILES string of the molecule is CCNC(=NCc1cccc(OC(F)F)c1)N1CCN(c2ncccn2)CC1. The summed E-state index contributed by atoms with van der Waals surface area (Å²) >= 11 is 0. The molecule has 7 nitrogen and oxygen atoms in total. The Morgan fingerprint density at radius 3 is 2.61 bits per heavy atom. The average Bonchev–Trinajstić information content (AvgIpc) is 2.72. The third-order valence-electron chi connectivity index (χ3n) is 4.28. The number of alkyl halides is 2. The van der Waals surface area contributed by atoms with Crippen molar-refractivity contribution in [1.82, 2.24) is 20.2 Å². The smallest absolute Gasteiger partial charge is 0.387 e. The maximum atomic E-state index is 12.4. The average molecular weight is 390 g/mol. The molecule has 1 fully saturated rings. The van der Waals surface area contributed by atoms with Crippen molar-refractivity contribution in [1.29, 1.82) is 0 Å². The Labute approximate surface area is 163 Å². The number of hydrogen-bond acceptors (Lipinski definition) is 5. The molecule has 1 saturated heterocycles. The molecular weight excluding hydrogens is 366 g/mol. The van der Waals surface area contributed by atoms with E-state index in [2.05, 4.69) is 34.8 Å². The van der Waals surface area contributed by atoms with Crippen LogP contribution in [0.3, 0.4) is 0 Å². The molecule has 1 aliphatic heterocycles. The van der Waals surface area contributed by atoms with Crippen LogP contribution in [0.25, 0.3) is 0 Å². The van der Waals surface area contributed by atoms with Crippen molar-refractivity contribution in [2.45, 2.75) is 20.1 Å². The number of anilines is 1. The Hall–Kier alpha value is -2.97. The van der Waals surface area contributed by atoms with Gasteiger partial charge in [0.15, 0.2) is 5.96 Å². The van der Waals surface area contributed by atoms with Gasteiger partial charge in [0.1, 0.15) is 5.75 Å². The van der Waals surface area contributed by atoms with Crippen LogP contribution in [0.5, 0.6) is 5.75 Å². The third-order valence-corrected chi connectivity index (χ3v) is 4.28. The zero-order chi connectivity index (χ0) is 19.8. The van der Waals surface area contributed by atoms with Gasteiger partial charge in [0, 0.05) is 45.1 Å². The lowest BCUT2D eigenvalue weighted by molar-refractivity contribution is -0.0498. The predicted octanol–water partition coefficient (Wildman–Crippen LogP) is 2.37. The fraction of sp³-hybridized carbons (Fsp3) is 0.421. The Balaban J connectivity index is 1.62. The number of nitrogens with one attached hydrogen (secondary N) is 1. The fourth-order valence-corrected chi connectivity index (χ4v) is 2.98. The van der Waals surface area contributed by atoms with Gasteiger partial charge in [-0.2, -0.15) is 8.78 Å². The number of hydrogen-bond donors (Lipinski definition) is 1. The Kier molecular flexibility index (Phi) is 6.94. The van der Waals surface area contributed by atoms with E-state index in [1.165, 1.54) is 6.07 Å². The normalized spacial score (nSPS) is 15.1. The number of nitrogens with zero attached hydrogens (tertiary/aromatic N) is 5. The van der Waals surface area contributed by atoms with Crippen molar-refractivity contribution >= 4 is 11.9 Å². The zero-order valence-corrected chi connectivity index (χ0v) is 15.8. The molecule has 0 amide bonds. The van der Waals surface area contributed by atoms with Gasteiger partial charge in [-0.3, -0.25) is 0 Å². The highest BCUT2D eigenvalue weighted by Gasteiger charge is 2.21. The largest absolute Gasteiger partial charge is 0.435 e. The molecule has 28 heavy (non-hydrogen) atoms. The van der Waals surface area contributed by atoms with Crippen LogP contribution in [-0.4, -0.2) is 60.2 Å². The number of guanidine groups is 1. The van der Waals surface area contributed by atoms with Crippen molar-refractivity contribution in [3.8, 4) is 5.75 Å². The van der Waals surface area contributed by atoms with Crippen LogP contribution in [0.2, 0.25) is 0 Å². The first-order valence-corrected chi connectivity index (χ1v) is 9.24. The minimum atomic E-state index is -2.83. The Morgan fingerprint density at radius 1 is 1.18 bits per heavy atom. The number of rotatable bonds is 6. The maximum absolute atomic E-state index is 12.4. The van der Waals surface area contributed by atoms with Crippen LogP contribution in [0.4, 0.5) is 14.7 Å². The van der Waals surface area contributed by atoms with E-state index >= 15 is 0 Å². The van der Waals surface area contributed by atoms with Gasteiger partial charge in [-0.25, -0.2) is 15.0 Å². The van der Waals surface area contributed by atoms with E-state index in [1.54, 1.807) is 30.6 Å². The Morgan fingerprint density at radius 2 is 1.93 bits per heavy atom. The molecule has 0 spiro atoms. The lowest BCUT2D eigenvalue weighted by Crippen LogP contribution is -2.52. The highest BCUT2D eigenvalue weighted by Crippen LogP contribution is 2.17. The molecular formula is C19H24F2N6O. The second-order valence-electron chi connectivity index (χ2n) is 6.22. The van der Waals surface area contributed by atoms with E-state index in [4.69, 9.17) is 0 Å². The van der Waals surface area contributed by atoms with Crippen molar-refractivity contribution < 1.29 is 13.5 Å². The van der Waals surface area contributed by atoms with Gasteiger partial charge in [0.05, 0.1) is 6.54 Å². The second-order valence-corrected chi connectivity index (χ2v) is 6.22. The number of aromatic nitrogens is 2. The third kappa shape index (κ3) is 5.51. The second kappa shape index (κ2) is 9.82. The zero-order valence-electron chi connectivity index (χ0n) is 15.8. The molecule has 0 atom stereocenters. The molecule has 0 aliphatic carbocycles. The molecule has 0 radical (unpaired) electrons. The summed E-state index contributed by atoms with van der Waals surface area (Å²) in [5, 5.41) is 3.30. The molecule has 1 aliphatic rings. The Bertz CT molecular complexity index is 766. The van der Waals surface area contributed by atoms with E-state index in [9.17, 15) is 8.78 Å². The molecule has 1 N–H and O–H groups in total. The summed E-state index contributed by atoms with van der Waals surface area (Å²) in [5.41, 5.74) is 0.810. The molecule has 1 aromatic heterocycles. The van der Waals surface area contributed by atoms with E-state index in [1.807, 2.05) is 13.0 Å². The number of piperazine rings is 1. The molecule has 9 heteroatoms. The van der Waals surface area contributed by atoms with Crippen LogP contribution in [0, 0.1) is 0 Å². The van der Waals surface area contributed by atoms with Gasteiger partial charge in [-0.1, -0.05) is 12.1 Å². The first-order chi connectivity index (χ1) is 13.7. The molecule has 1 aromatic carbocycles. The summed E-state index contributed by atoms with van der Waals surface area (Å²) in [5.74, 6) is 1.68. The molecule has 150 valence electrons. The molecule has 0 saturated carbocycles. The van der Waals surface area contributed by atoms with Crippen molar-refractivity contribution in [3.63, 3.8) is 0 Å². The summed E-state index contributed by atoms with van der Waals surface area (Å²) in [7, 11) is 0. The van der Waals surface area contributed by atoms with Gasteiger partial charge in [-0.05, 0) is 30.7 Å². The standard InChI is InChI=1S/C19H24F2N6O/c1-2-22-18(25-14-15-5-3-6-16(13-15)28-17(20)21)26-9-11-27(12-10-26)19-23-7-4-8-24-19/h3-8,13,17H,2,9-12,14H2,1H3,(H,22,25). The maximum Gasteiger partial charge on any atom is 0.387 e. The van der Waals surface area contributed by atoms with Crippen LogP contribution >= 0.6 is 0 Å². The lowest BCUT2D eigenvalue weighted by Gasteiger charge is -2.36. The van der Waals surface area contributed by atoms with Crippen LogP contribution in [-0.2, 0) is 6.54 Å². The predicted molar refractivity (Wildman–Crippen MR) is 104 cm³/mol. The summed E-state index contributed by atoms with van der Waals surface area (Å²) in [6.45, 7) is 3.48. The summed E-state index contributed by atoms with van der Waals surface area (Å²) in [6.07, 6.45) is 3.48. The van der Waals surface area contributed by atoms with Gasteiger partial charge < -0.3 is 19.9 Å². The quantitative estimate of drug-likeness (QED) is 0.604. The molecule has 0 unspecified atom stereocenters. The van der Waals surface area contributed by atoms with Crippen molar-refractivity contribution in [2.75, 3.05) is 37.6 Å². The fourth-order valence-electron chi connectivity index (χ4n) is 2.98.